The van der Waals surface area contributed by atoms with Crippen molar-refractivity contribution in [2.45, 2.75) is 33.4 Å². The molecule has 1 aromatic carbocycles. The molecule has 0 spiro atoms. The minimum atomic E-state index is 0.312. The number of aromatic nitrogens is 1. The highest BCUT2D eigenvalue weighted by Crippen LogP contribution is 2.40. The highest BCUT2D eigenvalue weighted by Gasteiger charge is 2.46. The fraction of sp³-hybridized carbons (Fsp3) is 0.500. The van der Waals surface area contributed by atoms with Crippen LogP contribution in [0.25, 0.3) is 0 Å². The first-order chi connectivity index (χ1) is 12.5. The molecule has 1 aromatic heterocycles. The summed E-state index contributed by atoms with van der Waals surface area (Å²) in [7, 11) is 0. The summed E-state index contributed by atoms with van der Waals surface area (Å²) in [5.41, 5.74) is 3.93. The van der Waals surface area contributed by atoms with Gasteiger partial charge in [-0.25, -0.2) is 0 Å². The average molecular weight is 351 g/mol. The van der Waals surface area contributed by atoms with E-state index >= 15 is 0 Å². The van der Waals surface area contributed by atoms with Gasteiger partial charge in [0.2, 0.25) is 0 Å². The van der Waals surface area contributed by atoms with Crippen molar-refractivity contribution in [1.29, 1.82) is 0 Å². The Kier molecular flexibility index (Phi) is 4.62. The van der Waals surface area contributed by atoms with E-state index in [1.54, 1.807) is 0 Å². The van der Waals surface area contributed by atoms with E-state index in [1.165, 1.54) is 11.3 Å². The Hall–Kier alpha value is -2.07. The van der Waals surface area contributed by atoms with E-state index in [2.05, 4.69) is 77.7 Å². The van der Waals surface area contributed by atoms with E-state index in [-0.39, 0.29) is 0 Å². The van der Waals surface area contributed by atoms with Crippen molar-refractivity contribution in [1.82, 2.24) is 10.3 Å². The molecule has 2 saturated heterocycles. The van der Waals surface area contributed by atoms with E-state index in [0.717, 1.165) is 43.7 Å². The van der Waals surface area contributed by atoms with Gasteiger partial charge in [0.05, 0.1) is 23.8 Å². The second-order valence-electron chi connectivity index (χ2n) is 8.85. The molecule has 2 N–H and O–H groups in total. The molecule has 1 unspecified atom stereocenters. The summed E-state index contributed by atoms with van der Waals surface area (Å²) in [6, 6.07) is 13.3. The monoisotopic (exact) mass is 350 g/mol. The molecule has 0 amide bonds. The van der Waals surface area contributed by atoms with Crippen LogP contribution in [0.5, 0.6) is 0 Å². The van der Waals surface area contributed by atoms with Crippen LogP contribution >= 0.6 is 0 Å². The average Bonchev–Trinajstić information content (AvgIpc) is 3.21. The van der Waals surface area contributed by atoms with E-state index < -0.39 is 0 Å². The maximum Gasteiger partial charge on any atom is 0.0573 e. The second kappa shape index (κ2) is 6.92. The number of hydrogen-bond acceptors (Lipinski definition) is 4. The Bertz CT molecular complexity index is 737. The van der Waals surface area contributed by atoms with Crippen molar-refractivity contribution in [3.63, 3.8) is 0 Å². The van der Waals surface area contributed by atoms with Crippen LogP contribution in [0.4, 0.5) is 11.4 Å². The smallest absolute Gasteiger partial charge is 0.0573 e. The molecular formula is C22H30N4. The summed E-state index contributed by atoms with van der Waals surface area (Å²) >= 11 is 0. The maximum absolute atomic E-state index is 4.48. The second-order valence-corrected chi connectivity index (χ2v) is 8.85. The van der Waals surface area contributed by atoms with Crippen LogP contribution in [-0.4, -0.2) is 30.7 Å². The third-order valence-electron chi connectivity index (χ3n) is 5.88. The van der Waals surface area contributed by atoms with Crippen molar-refractivity contribution in [3.05, 3.63) is 54.4 Å². The zero-order valence-corrected chi connectivity index (χ0v) is 16.1. The Morgan fingerprint density at radius 2 is 1.96 bits per heavy atom. The molecule has 0 aliphatic carbocycles. The summed E-state index contributed by atoms with van der Waals surface area (Å²) in [6.45, 7) is 11.3. The van der Waals surface area contributed by atoms with Gasteiger partial charge in [-0.15, -0.1) is 0 Å². The van der Waals surface area contributed by atoms with Gasteiger partial charge in [0.1, 0.15) is 0 Å². The lowest BCUT2D eigenvalue weighted by atomic mass is 9.78. The zero-order chi connectivity index (χ0) is 18.1. The van der Waals surface area contributed by atoms with Crippen LogP contribution in [0.15, 0.2) is 48.8 Å². The summed E-state index contributed by atoms with van der Waals surface area (Å²) in [6.07, 6.45) is 3.93. The third kappa shape index (κ3) is 3.56. The van der Waals surface area contributed by atoms with Crippen molar-refractivity contribution < 1.29 is 0 Å². The van der Waals surface area contributed by atoms with E-state index in [1.807, 2.05) is 12.4 Å². The van der Waals surface area contributed by atoms with Crippen molar-refractivity contribution in [3.8, 4) is 0 Å². The quantitative estimate of drug-likeness (QED) is 0.881. The molecule has 0 bridgehead atoms. The minimum Gasteiger partial charge on any atom is -0.380 e. The molecule has 4 rings (SSSR count). The number of nitrogens with one attached hydrogen (secondary N) is 2. The summed E-state index contributed by atoms with van der Waals surface area (Å²) in [4.78, 5) is 7.01. The summed E-state index contributed by atoms with van der Waals surface area (Å²) in [5.74, 6) is 1.48. The lowest BCUT2D eigenvalue weighted by Crippen LogP contribution is -2.42. The summed E-state index contributed by atoms with van der Waals surface area (Å²) < 4.78 is 0. The minimum absolute atomic E-state index is 0.312. The maximum atomic E-state index is 4.48. The summed E-state index contributed by atoms with van der Waals surface area (Å²) in [5, 5.41) is 7.27. The van der Waals surface area contributed by atoms with Crippen LogP contribution in [0, 0.1) is 17.3 Å². The van der Waals surface area contributed by atoms with Crippen LogP contribution in [0.2, 0.25) is 0 Å². The van der Waals surface area contributed by atoms with Crippen LogP contribution in [0.3, 0.4) is 0 Å². The van der Waals surface area contributed by atoms with Gasteiger partial charge in [0.15, 0.2) is 0 Å². The lowest BCUT2D eigenvalue weighted by Gasteiger charge is -2.32. The van der Waals surface area contributed by atoms with Crippen molar-refractivity contribution in [2.75, 3.05) is 29.9 Å². The van der Waals surface area contributed by atoms with Crippen molar-refractivity contribution >= 4 is 11.4 Å². The topological polar surface area (TPSA) is 40.2 Å². The first kappa shape index (κ1) is 17.3. The van der Waals surface area contributed by atoms with E-state index in [0.29, 0.717) is 11.5 Å². The fourth-order valence-electron chi connectivity index (χ4n) is 4.58. The van der Waals surface area contributed by atoms with E-state index in [9.17, 15) is 0 Å². The molecular weight excluding hydrogens is 320 g/mol. The molecule has 0 radical (unpaired) electrons. The van der Waals surface area contributed by atoms with Gasteiger partial charge >= 0.3 is 0 Å². The fourth-order valence-corrected chi connectivity index (χ4v) is 4.58. The molecule has 0 saturated carbocycles. The SMILES string of the molecule is CC(C)(C)C1NC[C@@H]2CN(c3cncc(NCc4ccccc4)c3)C[C@@H]12. The van der Waals surface area contributed by atoms with Crippen molar-refractivity contribution in [2.24, 2.45) is 17.3 Å². The zero-order valence-electron chi connectivity index (χ0n) is 16.1. The highest BCUT2D eigenvalue weighted by molar-refractivity contribution is 5.56. The molecule has 4 nitrogen and oxygen atoms in total. The van der Waals surface area contributed by atoms with Gasteiger partial charge in [-0.2, -0.15) is 0 Å². The molecule has 2 aliphatic rings. The van der Waals surface area contributed by atoms with Gasteiger partial charge in [-0.05, 0) is 28.9 Å². The normalized spacial score (nSPS) is 25.3. The van der Waals surface area contributed by atoms with Gasteiger partial charge < -0.3 is 15.5 Å². The standard InChI is InChI=1S/C22H30N4/c1-22(2,3)21-20-15-26(14-17(20)11-25-21)19-9-18(12-23-13-19)24-10-16-7-5-4-6-8-16/h4-9,12-13,17,20-21,24-25H,10-11,14-15H2,1-3H3/t17-,20-,21?/m1/s1. The number of rotatable bonds is 4. The molecule has 2 aromatic rings. The van der Waals surface area contributed by atoms with Gasteiger partial charge in [-0.3, -0.25) is 4.98 Å². The number of benzene rings is 1. The Morgan fingerprint density at radius 3 is 2.73 bits per heavy atom. The molecule has 2 aliphatic heterocycles. The molecule has 26 heavy (non-hydrogen) atoms. The number of pyridine rings is 1. The predicted molar refractivity (Wildman–Crippen MR) is 108 cm³/mol. The van der Waals surface area contributed by atoms with Crippen LogP contribution in [-0.2, 0) is 6.54 Å². The number of hydrogen-bond donors (Lipinski definition) is 2. The Labute approximate surface area is 157 Å². The molecule has 3 atom stereocenters. The van der Waals surface area contributed by atoms with Gasteiger partial charge in [0.25, 0.3) is 0 Å². The van der Waals surface area contributed by atoms with Crippen LogP contribution in [0.1, 0.15) is 26.3 Å². The Morgan fingerprint density at radius 1 is 1.15 bits per heavy atom. The van der Waals surface area contributed by atoms with Gasteiger partial charge in [-0.1, -0.05) is 51.1 Å². The number of nitrogens with zero attached hydrogens (tertiary/aromatic N) is 2. The number of fused-ring (bicyclic) bond motifs is 1. The molecule has 138 valence electrons. The largest absolute Gasteiger partial charge is 0.380 e. The first-order valence-electron chi connectivity index (χ1n) is 9.72. The first-order valence-corrected chi connectivity index (χ1v) is 9.72. The third-order valence-corrected chi connectivity index (χ3v) is 5.88. The Balaban J connectivity index is 1.43. The molecule has 3 heterocycles. The predicted octanol–water partition coefficient (Wildman–Crippen LogP) is 3.76. The lowest BCUT2D eigenvalue weighted by molar-refractivity contribution is 0.240. The number of anilines is 2. The molecule has 2 fully saturated rings. The highest BCUT2D eigenvalue weighted by atomic mass is 15.2. The van der Waals surface area contributed by atoms with Crippen LogP contribution < -0.4 is 15.5 Å². The molecule has 4 heteroatoms. The van der Waals surface area contributed by atoms with E-state index in [4.69, 9.17) is 0 Å². The van der Waals surface area contributed by atoms with Gasteiger partial charge in [0, 0.05) is 32.2 Å².